The lowest BCUT2D eigenvalue weighted by molar-refractivity contribution is -0.116. The van der Waals surface area contributed by atoms with Gasteiger partial charge < -0.3 is 9.64 Å². The van der Waals surface area contributed by atoms with E-state index in [1.807, 2.05) is 26.0 Å². The molecule has 0 unspecified atom stereocenters. The highest BCUT2D eigenvalue weighted by atomic mass is 32.2. The van der Waals surface area contributed by atoms with Crippen molar-refractivity contribution < 1.29 is 22.1 Å². The van der Waals surface area contributed by atoms with Gasteiger partial charge in [0.15, 0.2) is 0 Å². The number of ether oxygens (including phenoxy) is 1. The smallest absolute Gasteiger partial charge is 0.264 e. The van der Waals surface area contributed by atoms with E-state index >= 15 is 0 Å². The van der Waals surface area contributed by atoms with E-state index < -0.39 is 10.1 Å². The van der Waals surface area contributed by atoms with Crippen LogP contribution in [0.25, 0.3) is 0 Å². The monoisotopic (exact) mass is 339 g/mol. The molecular weight excluding hydrogens is 317 g/mol. The molecule has 0 aliphatic carbocycles. The molecule has 8 heteroatoms. The predicted molar refractivity (Wildman–Crippen MR) is 90.9 cm³/mol. The number of hydrogen-bond donors (Lipinski definition) is 0. The zero-order valence-electron chi connectivity index (χ0n) is 14.0. The Morgan fingerprint density at radius 1 is 1.17 bits per heavy atom. The lowest BCUT2D eigenvalue weighted by Gasteiger charge is -2.23. The zero-order valence-corrected chi connectivity index (χ0v) is 14.8. The highest BCUT2D eigenvalue weighted by molar-refractivity contribution is 7.85. The maximum Gasteiger partial charge on any atom is 0.264 e. The Balaban J connectivity index is 2.59. The standard InChI is InChI=1S/C15H22BNO5S/c1-11-9-14(10-12(2)15(11)16)17(13(3)18)5-6-21-7-8-22-23(4,19)20/h9-10H,5-8H2,1-4H3. The summed E-state index contributed by atoms with van der Waals surface area (Å²) in [5.41, 5.74) is 3.30. The molecule has 1 aromatic rings. The topological polar surface area (TPSA) is 72.9 Å². The molecule has 0 aromatic heterocycles. The Morgan fingerprint density at radius 3 is 2.22 bits per heavy atom. The summed E-state index contributed by atoms with van der Waals surface area (Å²) in [4.78, 5) is 13.4. The molecule has 2 radical (unpaired) electrons. The molecule has 126 valence electrons. The normalized spacial score (nSPS) is 11.5. The third kappa shape index (κ3) is 6.72. The molecule has 0 bridgehead atoms. The second-order valence-corrected chi connectivity index (χ2v) is 6.95. The molecule has 6 nitrogen and oxygen atoms in total. The second kappa shape index (κ2) is 8.47. The number of anilines is 1. The van der Waals surface area contributed by atoms with Gasteiger partial charge in [0, 0.05) is 19.2 Å². The number of rotatable bonds is 8. The molecular formula is C15H22BNO5S. The quantitative estimate of drug-likeness (QED) is 0.390. The van der Waals surface area contributed by atoms with Crippen molar-refractivity contribution in [3.05, 3.63) is 23.3 Å². The van der Waals surface area contributed by atoms with E-state index in [1.54, 1.807) is 4.90 Å². The Labute approximate surface area is 139 Å². The molecule has 0 spiro atoms. The first kappa shape index (κ1) is 19.7. The number of benzene rings is 1. The molecule has 0 saturated carbocycles. The van der Waals surface area contributed by atoms with Crippen LogP contribution < -0.4 is 10.4 Å². The number of aryl methyl sites for hydroxylation is 2. The fourth-order valence-electron chi connectivity index (χ4n) is 2.08. The van der Waals surface area contributed by atoms with Gasteiger partial charge in [-0.2, -0.15) is 8.42 Å². The zero-order chi connectivity index (χ0) is 17.6. The van der Waals surface area contributed by atoms with Crippen LogP contribution in [0.4, 0.5) is 5.69 Å². The summed E-state index contributed by atoms with van der Waals surface area (Å²) in [6, 6.07) is 3.72. The Hall–Kier alpha value is -1.38. The molecule has 1 rings (SSSR count). The Morgan fingerprint density at radius 2 is 1.74 bits per heavy atom. The fraction of sp³-hybridized carbons (Fsp3) is 0.533. The summed E-state index contributed by atoms with van der Waals surface area (Å²) < 4.78 is 31.5. The molecule has 1 amide bonds. The number of carbonyl (C=O) groups is 1. The SMILES string of the molecule is [B]c1c(C)cc(N(CCOCCOS(C)(=O)=O)C(C)=O)cc1C. The van der Waals surface area contributed by atoms with E-state index in [-0.39, 0.29) is 25.7 Å². The van der Waals surface area contributed by atoms with Gasteiger partial charge in [0.2, 0.25) is 5.91 Å². The van der Waals surface area contributed by atoms with Crippen molar-refractivity contribution in [2.24, 2.45) is 0 Å². The van der Waals surface area contributed by atoms with Crippen LogP contribution in [-0.2, 0) is 23.8 Å². The van der Waals surface area contributed by atoms with Gasteiger partial charge in [-0.3, -0.25) is 8.98 Å². The third-order valence-corrected chi connectivity index (χ3v) is 3.85. The van der Waals surface area contributed by atoms with Crippen LogP contribution in [0.5, 0.6) is 0 Å². The highest BCUT2D eigenvalue weighted by Crippen LogP contribution is 2.17. The van der Waals surface area contributed by atoms with Crippen LogP contribution >= 0.6 is 0 Å². The lowest BCUT2D eigenvalue weighted by Crippen LogP contribution is -2.33. The molecule has 0 heterocycles. The summed E-state index contributed by atoms with van der Waals surface area (Å²) in [5.74, 6) is -0.107. The predicted octanol–water partition coefficient (Wildman–Crippen LogP) is 0.443. The van der Waals surface area contributed by atoms with E-state index in [1.165, 1.54) is 6.92 Å². The number of hydrogen-bond acceptors (Lipinski definition) is 5. The minimum absolute atomic E-state index is 0.0427. The fourth-order valence-corrected chi connectivity index (χ4v) is 2.45. The number of nitrogens with zero attached hydrogens (tertiary/aromatic N) is 1. The first-order valence-electron chi connectivity index (χ1n) is 7.19. The van der Waals surface area contributed by atoms with Crippen molar-refractivity contribution in [1.82, 2.24) is 0 Å². The lowest BCUT2D eigenvalue weighted by atomic mass is 9.86. The van der Waals surface area contributed by atoms with Gasteiger partial charge in [-0.05, 0) is 26.0 Å². The third-order valence-electron chi connectivity index (χ3n) is 3.25. The average Bonchev–Trinajstić information content (AvgIpc) is 2.41. The summed E-state index contributed by atoms with van der Waals surface area (Å²) in [5, 5.41) is 0. The first-order valence-corrected chi connectivity index (χ1v) is 9.00. The van der Waals surface area contributed by atoms with Crippen LogP contribution in [0.15, 0.2) is 12.1 Å². The van der Waals surface area contributed by atoms with Gasteiger partial charge in [0.25, 0.3) is 10.1 Å². The van der Waals surface area contributed by atoms with Gasteiger partial charge in [-0.15, -0.1) is 0 Å². The van der Waals surface area contributed by atoms with E-state index in [0.717, 1.165) is 23.1 Å². The molecule has 23 heavy (non-hydrogen) atoms. The molecule has 0 atom stereocenters. The van der Waals surface area contributed by atoms with Crippen molar-refractivity contribution in [3.8, 4) is 0 Å². The number of carbonyl (C=O) groups excluding carboxylic acids is 1. The van der Waals surface area contributed by atoms with E-state index in [4.69, 9.17) is 12.6 Å². The van der Waals surface area contributed by atoms with Crippen molar-refractivity contribution in [2.45, 2.75) is 20.8 Å². The summed E-state index contributed by atoms with van der Waals surface area (Å²) in [6.07, 6.45) is 0.982. The molecule has 0 aliphatic rings. The van der Waals surface area contributed by atoms with Crippen molar-refractivity contribution in [3.63, 3.8) is 0 Å². The molecule has 0 fully saturated rings. The van der Waals surface area contributed by atoms with Gasteiger partial charge >= 0.3 is 0 Å². The van der Waals surface area contributed by atoms with Crippen molar-refractivity contribution in [1.29, 1.82) is 0 Å². The molecule has 0 N–H and O–H groups in total. The van der Waals surface area contributed by atoms with Gasteiger partial charge in [-0.1, -0.05) is 16.6 Å². The van der Waals surface area contributed by atoms with Crippen molar-refractivity contribution in [2.75, 3.05) is 37.5 Å². The second-order valence-electron chi connectivity index (χ2n) is 5.30. The van der Waals surface area contributed by atoms with Crippen LogP contribution in [0.1, 0.15) is 18.1 Å². The van der Waals surface area contributed by atoms with E-state index in [9.17, 15) is 13.2 Å². The van der Waals surface area contributed by atoms with Crippen LogP contribution in [0.2, 0.25) is 0 Å². The van der Waals surface area contributed by atoms with Crippen LogP contribution in [-0.4, -0.2) is 54.8 Å². The Kier molecular flexibility index (Phi) is 7.24. The first-order chi connectivity index (χ1) is 10.6. The van der Waals surface area contributed by atoms with E-state index in [2.05, 4.69) is 4.18 Å². The summed E-state index contributed by atoms with van der Waals surface area (Å²) >= 11 is 0. The maximum absolute atomic E-state index is 11.8. The maximum atomic E-state index is 11.8. The van der Waals surface area contributed by atoms with Gasteiger partial charge in [-0.25, -0.2) is 0 Å². The minimum atomic E-state index is -3.45. The van der Waals surface area contributed by atoms with E-state index in [0.29, 0.717) is 12.0 Å². The molecule has 0 aliphatic heterocycles. The van der Waals surface area contributed by atoms with Gasteiger partial charge in [0.1, 0.15) is 7.85 Å². The largest absolute Gasteiger partial charge is 0.377 e. The molecule has 1 aromatic carbocycles. The van der Waals surface area contributed by atoms with Crippen molar-refractivity contribution >= 4 is 35.0 Å². The van der Waals surface area contributed by atoms with Crippen LogP contribution in [0.3, 0.4) is 0 Å². The average molecular weight is 339 g/mol. The summed E-state index contributed by atoms with van der Waals surface area (Å²) in [7, 11) is 2.47. The van der Waals surface area contributed by atoms with Crippen LogP contribution in [0, 0.1) is 13.8 Å². The number of amides is 1. The van der Waals surface area contributed by atoms with Gasteiger partial charge in [0.05, 0.1) is 26.1 Å². The minimum Gasteiger partial charge on any atom is -0.377 e. The Bertz CT molecular complexity index is 637. The summed E-state index contributed by atoms with van der Waals surface area (Å²) in [6.45, 7) is 5.99. The highest BCUT2D eigenvalue weighted by Gasteiger charge is 2.13. The molecule has 0 saturated heterocycles.